The molecular formula is C24H27NO4. The molecule has 1 aliphatic rings. The van der Waals surface area contributed by atoms with E-state index in [1.165, 1.54) is 5.56 Å². The van der Waals surface area contributed by atoms with E-state index in [9.17, 15) is 14.4 Å². The molecule has 0 N–H and O–H groups in total. The monoisotopic (exact) mass is 393 g/mol. The highest BCUT2D eigenvalue weighted by Gasteiger charge is 2.36. The highest BCUT2D eigenvalue weighted by molar-refractivity contribution is 6.01. The SMILES string of the molecule is CCc1ccc(N2CC(C(=O)OCC(=O)c3cc(C)c(C)cc3C)CC2=O)cc1. The molecule has 5 heteroatoms. The molecule has 1 atom stereocenters. The average Bonchev–Trinajstić information content (AvgIpc) is 3.10. The first-order chi connectivity index (χ1) is 13.8. The molecule has 1 fully saturated rings. The van der Waals surface area contributed by atoms with E-state index >= 15 is 0 Å². The van der Waals surface area contributed by atoms with Crippen molar-refractivity contribution in [2.45, 2.75) is 40.5 Å². The van der Waals surface area contributed by atoms with Crippen molar-refractivity contribution in [3.05, 3.63) is 64.2 Å². The summed E-state index contributed by atoms with van der Waals surface area (Å²) in [5.41, 5.74) is 5.55. The second-order valence-electron chi connectivity index (χ2n) is 7.71. The van der Waals surface area contributed by atoms with Crippen molar-refractivity contribution in [3.8, 4) is 0 Å². The summed E-state index contributed by atoms with van der Waals surface area (Å²) >= 11 is 0. The molecule has 0 spiro atoms. The van der Waals surface area contributed by atoms with E-state index in [0.717, 1.165) is 28.8 Å². The van der Waals surface area contributed by atoms with E-state index in [0.29, 0.717) is 5.56 Å². The highest BCUT2D eigenvalue weighted by atomic mass is 16.5. The Hall–Kier alpha value is -2.95. The van der Waals surface area contributed by atoms with Crippen molar-refractivity contribution < 1.29 is 19.1 Å². The summed E-state index contributed by atoms with van der Waals surface area (Å²) < 4.78 is 5.27. The number of anilines is 1. The van der Waals surface area contributed by atoms with Crippen molar-refractivity contribution in [1.29, 1.82) is 0 Å². The van der Waals surface area contributed by atoms with E-state index in [2.05, 4.69) is 6.92 Å². The quantitative estimate of drug-likeness (QED) is 0.551. The number of Topliss-reactive ketones (excluding diaryl/α,β-unsaturated/α-hetero) is 1. The maximum Gasteiger partial charge on any atom is 0.311 e. The number of aryl methyl sites for hydroxylation is 4. The molecule has 0 saturated carbocycles. The van der Waals surface area contributed by atoms with Crippen LogP contribution in [0.15, 0.2) is 36.4 Å². The van der Waals surface area contributed by atoms with Gasteiger partial charge in [0.25, 0.3) is 0 Å². The van der Waals surface area contributed by atoms with Gasteiger partial charge in [0.05, 0.1) is 5.92 Å². The van der Waals surface area contributed by atoms with E-state index < -0.39 is 11.9 Å². The third kappa shape index (κ3) is 4.56. The van der Waals surface area contributed by atoms with Gasteiger partial charge in [0, 0.05) is 24.2 Å². The Morgan fingerprint density at radius 2 is 1.69 bits per heavy atom. The van der Waals surface area contributed by atoms with Gasteiger partial charge in [-0.3, -0.25) is 14.4 Å². The molecule has 2 aromatic carbocycles. The molecule has 1 heterocycles. The zero-order valence-corrected chi connectivity index (χ0v) is 17.5. The summed E-state index contributed by atoms with van der Waals surface area (Å²) in [6.45, 7) is 7.86. The molecule has 1 aliphatic heterocycles. The number of carbonyl (C=O) groups excluding carboxylic acids is 3. The predicted molar refractivity (Wildman–Crippen MR) is 112 cm³/mol. The van der Waals surface area contributed by atoms with Crippen LogP contribution in [0.3, 0.4) is 0 Å². The molecule has 0 radical (unpaired) electrons. The second kappa shape index (κ2) is 8.60. The van der Waals surface area contributed by atoms with Crippen molar-refractivity contribution in [2.24, 2.45) is 5.92 Å². The van der Waals surface area contributed by atoms with Crippen molar-refractivity contribution in [1.82, 2.24) is 0 Å². The number of ketones is 1. The van der Waals surface area contributed by atoms with Gasteiger partial charge >= 0.3 is 5.97 Å². The van der Waals surface area contributed by atoms with Gasteiger partial charge in [-0.2, -0.15) is 0 Å². The number of ether oxygens (including phenoxy) is 1. The molecule has 29 heavy (non-hydrogen) atoms. The van der Waals surface area contributed by atoms with E-state index in [-0.39, 0.29) is 31.3 Å². The summed E-state index contributed by atoms with van der Waals surface area (Å²) in [7, 11) is 0. The predicted octanol–water partition coefficient (Wildman–Crippen LogP) is 3.95. The lowest BCUT2D eigenvalue weighted by Gasteiger charge is -2.17. The number of hydrogen-bond donors (Lipinski definition) is 0. The zero-order chi connectivity index (χ0) is 21.1. The lowest BCUT2D eigenvalue weighted by molar-refractivity contribution is -0.147. The van der Waals surface area contributed by atoms with Crippen LogP contribution in [0, 0.1) is 26.7 Å². The summed E-state index contributed by atoms with van der Waals surface area (Å²) in [6, 6.07) is 11.6. The minimum absolute atomic E-state index is 0.102. The van der Waals surface area contributed by atoms with E-state index in [1.54, 1.807) is 4.90 Å². The summed E-state index contributed by atoms with van der Waals surface area (Å²) in [5, 5.41) is 0. The fourth-order valence-corrected chi connectivity index (χ4v) is 3.62. The first-order valence-electron chi connectivity index (χ1n) is 9.97. The number of amides is 1. The number of esters is 1. The van der Waals surface area contributed by atoms with Gasteiger partial charge in [0.2, 0.25) is 11.7 Å². The van der Waals surface area contributed by atoms with Crippen LogP contribution in [0.1, 0.15) is 46.0 Å². The van der Waals surface area contributed by atoms with Crippen molar-refractivity contribution in [2.75, 3.05) is 18.1 Å². The van der Waals surface area contributed by atoms with Crippen LogP contribution in [0.4, 0.5) is 5.69 Å². The van der Waals surface area contributed by atoms with Crippen LogP contribution in [-0.2, 0) is 20.7 Å². The Morgan fingerprint density at radius 3 is 2.34 bits per heavy atom. The molecule has 2 aromatic rings. The summed E-state index contributed by atoms with van der Waals surface area (Å²) in [4.78, 5) is 38.9. The first kappa shape index (κ1) is 20.8. The number of hydrogen-bond acceptors (Lipinski definition) is 4. The topological polar surface area (TPSA) is 63.7 Å². The maximum atomic E-state index is 12.5. The highest BCUT2D eigenvalue weighted by Crippen LogP contribution is 2.26. The lowest BCUT2D eigenvalue weighted by atomic mass is 9.98. The number of benzene rings is 2. The second-order valence-corrected chi connectivity index (χ2v) is 7.71. The lowest BCUT2D eigenvalue weighted by Crippen LogP contribution is -2.27. The van der Waals surface area contributed by atoms with Gasteiger partial charge in [-0.1, -0.05) is 25.1 Å². The molecule has 3 rings (SSSR count). The Morgan fingerprint density at radius 1 is 1.03 bits per heavy atom. The normalized spacial score (nSPS) is 16.2. The first-order valence-corrected chi connectivity index (χ1v) is 9.97. The van der Waals surface area contributed by atoms with Crippen LogP contribution in [-0.4, -0.2) is 30.8 Å². The van der Waals surface area contributed by atoms with Crippen LogP contribution in [0.25, 0.3) is 0 Å². The Labute approximate surface area is 171 Å². The average molecular weight is 393 g/mol. The molecule has 0 aromatic heterocycles. The molecule has 1 saturated heterocycles. The minimum atomic E-state index is -0.554. The van der Waals surface area contributed by atoms with Gasteiger partial charge in [-0.05, 0) is 67.6 Å². The van der Waals surface area contributed by atoms with Crippen LogP contribution >= 0.6 is 0 Å². The number of rotatable bonds is 6. The van der Waals surface area contributed by atoms with Crippen LogP contribution < -0.4 is 4.90 Å². The van der Waals surface area contributed by atoms with Gasteiger partial charge in [0.15, 0.2) is 6.61 Å². The Bertz CT molecular complexity index is 946. The van der Waals surface area contributed by atoms with Gasteiger partial charge in [0.1, 0.15) is 0 Å². The van der Waals surface area contributed by atoms with E-state index in [4.69, 9.17) is 4.74 Å². The van der Waals surface area contributed by atoms with E-state index in [1.807, 2.05) is 57.2 Å². The number of nitrogens with zero attached hydrogens (tertiary/aromatic N) is 1. The molecule has 1 unspecified atom stereocenters. The van der Waals surface area contributed by atoms with Crippen LogP contribution in [0.5, 0.6) is 0 Å². The standard InChI is InChI=1S/C24H27NO4/c1-5-18-6-8-20(9-7-18)25-13-19(12-23(25)27)24(28)29-14-22(26)21-11-16(3)15(2)10-17(21)4/h6-11,19H,5,12-14H2,1-4H3. The van der Waals surface area contributed by atoms with Crippen molar-refractivity contribution >= 4 is 23.3 Å². The Kier molecular flexibility index (Phi) is 6.16. The Balaban J connectivity index is 1.60. The molecule has 5 nitrogen and oxygen atoms in total. The third-order valence-corrected chi connectivity index (χ3v) is 5.60. The minimum Gasteiger partial charge on any atom is -0.457 e. The smallest absolute Gasteiger partial charge is 0.311 e. The van der Waals surface area contributed by atoms with Crippen LogP contribution in [0.2, 0.25) is 0 Å². The largest absolute Gasteiger partial charge is 0.457 e. The molecule has 152 valence electrons. The molecule has 1 amide bonds. The fourth-order valence-electron chi connectivity index (χ4n) is 3.62. The van der Waals surface area contributed by atoms with Gasteiger partial charge in [-0.25, -0.2) is 0 Å². The van der Waals surface area contributed by atoms with Gasteiger partial charge in [-0.15, -0.1) is 0 Å². The summed E-state index contributed by atoms with van der Waals surface area (Å²) in [6.07, 6.45) is 1.03. The van der Waals surface area contributed by atoms with Crippen molar-refractivity contribution in [3.63, 3.8) is 0 Å². The molecule has 0 aliphatic carbocycles. The molecule has 0 bridgehead atoms. The number of carbonyl (C=O) groups is 3. The third-order valence-electron chi connectivity index (χ3n) is 5.60. The zero-order valence-electron chi connectivity index (χ0n) is 17.5. The maximum absolute atomic E-state index is 12.5. The molecular weight excluding hydrogens is 366 g/mol. The van der Waals surface area contributed by atoms with Gasteiger partial charge < -0.3 is 9.64 Å². The fraction of sp³-hybridized carbons (Fsp3) is 0.375. The summed E-state index contributed by atoms with van der Waals surface area (Å²) in [5.74, 6) is -1.38.